The molecule has 28 heavy (non-hydrogen) atoms. The molecule has 0 saturated heterocycles. The molecule has 6 heteroatoms. The molecule has 0 bridgehead atoms. The van der Waals surface area contributed by atoms with E-state index in [9.17, 15) is 18.0 Å². The number of rotatable bonds is 6. The minimum atomic E-state index is -4.44. The van der Waals surface area contributed by atoms with Crippen molar-refractivity contribution in [3.8, 4) is 5.75 Å². The van der Waals surface area contributed by atoms with Crippen molar-refractivity contribution in [3.63, 3.8) is 0 Å². The highest BCUT2D eigenvalue weighted by atomic mass is 19.4. The fraction of sp³-hybridized carbons (Fsp3) is 0.409. The number of hydrogen-bond acceptors (Lipinski definition) is 2. The maximum atomic E-state index is 12.8. The first kappa shape index (κ1) is 20.2. The zero-order valence-corrected chi connectivity index (χ0v) is 15.8. The minimum Gasteiger partial charge on any atom is -0.484 e. The molecule has 2 aromatic rings. The molecule has 0 aliphatic heterocycles. The Bertz CT molecular complexity index is 833. The number of ether oxygens (including phenoxy) is 1. The van der Waals surface area contributed by atoms with E-state index >= 15 is 0 Å². The number of aryl methyl sites for hydroxylation is 2. The number of amides is 1. The van der Waals surface area contributed by atoms with Crippen LogP contribution in [0, 0.1) is 0 Å². The highest BCUT2D eigenvalue weighted by molar-refractivity contribution is 5.78. The van der Waals surface area contributed by atoms with E-state index in [1.807, 2.05) is 13.0 Å². The van der Waals surface area contributed by atoms with Crippen LogP contribution in [0.2, 0.25) is 0 Å². The Balaban J connectivity index is 1.60. The first-order valence-electron chi connectivity index (χ1n) is 9.58. The molecule has 1 aliphatic rings. The van der Waals surface area contributed by atoms with E-state index in [2.05, 4.69) is 17.4 Å². The molecular formula is C22H24F3NO2. The Kier molecular flexibility index (Phi) is 6.27. The lowest BCUT2D eigenvalue weighted by atomic mass is 9.89. The van der Waals surface area contributed by atoms with E-state index in [1.54, 1.807) is 0 Å². The third-order valence-electron chi connectivity index (χ3n) is 5.05. The molecule has 3 nitrogen and oxygen atoms in total. The van der Waals surface area contributed by atoms with Crippen LogP contribution < -0.4 is 10.1 Å². The first-order chi connectivity index (χ1) is 13.4. The number of carbonyl (C=O) groups excluding carboxylic acids is 1. The van der Waals surface area contributed by atoms with Gasteiger partial charge in [-0.3, -0.25) is 4.79 Å². The standard InChI is InChI=1S/C22H24F3NO2/c1-2-20(17-11-10-15-6-3-4-7-16(15)12-17)26-21(27)14-28-19-9-5-8-18(13-19)22(23,24)25/h5,8-13,20H,2-4,6-7,14H2,1H3,(H,26,27)/t20-/m1/s1. The van der Waals surface area contributed by atoms with Crippen LogP contribution in [-0.4, -0.2) is 12.5 Å². The summed E-state index contributed by atoms with van der Waals surface area (Å²) in [6.45, 7) is 1.65. The lowest BCUT2D eigenvalue weighted by molar-refractivity contribution is -0.137. The Morgan fingerprint density at radius 2 is 1.86 bits per heavy atom. The van der Waals surface area contributed by atoms with Gasteiger partial charge < -0.3 is 10.1 Å². The summed E-state index contributed by atoms with van der Waals surface area (Å²) in [4.78, 5) is 12.3. The molecule has 1 atom stereocenters. The molecule has 0 aromatic heterocycles. The van der Waals surface area contributed by atoms with Gasteiger partial charge in [-0.15, -0.1) is 0 Å². The van der Waals surface area contributed by atoms with Gasteiger partial charge in [0.1, 0.15) is 5.75 Å². The molecule has 3 rings (SSSR count). The van der Waals surface area contributed by atoms with Crippen LogP contribution >= 0.6 is 0 Å². The third-order valence-corrected chi connectivity index (χ3v) is 5.05. The maximum absolute atomic E-state index is 12.8. The second kappa shape index (κ2) is 8.67. The number of nitrogens with one attached hydrogen (secondary N) is 1. The average Bonchev–Trinajstić information content (AvgIpc) is 2.69. The molecule has 1 aliphatic carbocycles. The summed E-state index contributed by atoms with van der Waals surface area (Å²) in [6.07, 6.45) is 0.836. The van der Waals surface area contributed by atoms with E-state index in [-0.39, 0.29) is 24.3 Å². The van der Waals surface area contributed by atoms with Crippen LogP contribution in [0.1, 0.15) is 54.5 Å². The molecule has 2 aromatic carbocycles. The van der Waals surface area contributed by atoms with Crippen molar-refractivity contribution in [3.05, 3.63) is 64.7 Å². The van der Waals surface area contributed by atoms with E-state index in [4.69, 9.17) is 4.74 Å². The largest absolute Gasteiger partial charge is 0.484 e. The number of halogens is 3. The van der Waals surface area contributed by atoms with Gasteiger partial charge in [0.25, 0.3) is 5.91 Å². The molecule has 0 saturated carbocycles. The maximum Gasteiger partial charge on any atom is 0.416 e. The van der Waals surface area contributed by atoms with Crippen LogP contribution in [-0.2, 0) is 23.8 Å². The van der Waals surface area contributed by atoms with Crippen LogP contribution in [0.4, 0.5) is 13.2 Å². The van der Waals surface area contributed by atoms with Crippen molar-refractivity contribution in [1.29, 1.82) is 0 Å². The fourth-order valence-corrected chi connectivity index (χ4v) is 3.54. The summed E-state index contributed by atoms with van der Waals surface area (Å²) in [5.74, 6) is -0.339. The SMILES string of the molecule is CC[C@@H](NC(=O)COc1cccc(C(F)(F)F)c1)c1ccc2c(c1)CCCC2. The second-order valence-corrected chi connectivity index (χ2v) is 7.08. The van der Waals surface area contributed by atoms with Crippen LogP contribution in [0.25, 0.3) is 0 Å². The highest BCUT2D eigenvalue weighted by Gasteiger charge is 2.30. The normalized spacial score (nSPS) is 14.9. The third kappa shape index (κ3) is 5.06. The van der Waals surface area contributed by atoms with Gasteiger partial charge in [0, 0.05) is 0 Å². The van der Waals surface area contributed by atoms with Crippen LogP contribution in [0.15, 0.2) is 42.5 Å². The highest BCUT2D eigenvalue weighted by Crippen LogP contribution is 2.31. The van der Waals surface area contributed by atoms with Gasteiger partial charge in [-0.05, 0) is 67.0 Å². The summed E-state index contributed by atoms with van der Waals surface area (Å²) in [7, 11) is 0. The molecule has 150 valence electrons. The average molecular weight is 391 g/mol. The van der Waals surface area contributed by atoms with Gasteiger partial charge in [-0.2, -0.15) is 13.2 Å². The molecule has 0 radical (unpaired) electrons. The Hall–Kier alpha value is -2.50. The smallest absolute Gasteiger partial charge is 0.416 e. The summed E-state index contributed by atoms with van der Waals surface area (Å²) in [5, 5.41) is 2.92. The monoisotopic (exact) mass is 391 g/mol. The summed E-state index contributed by atoms with van der Waals surface area (Å²) in [5.41, 5.74) is 2.97. The summed E-state index contributed by atoms with van der Waals surface area (Å²) >= 11 is 0. The Morgan fingerprint density at radius 3 is 2.57 bits per heavy atom. The van der Waals surface area contributed by atoms with Crippen molar-refractivity contribution in [1.82, 2.24) is 5.32 Å². The molecular weight excluding hydrogens is 367 g/mol. The van der Waals surface area contributed by atoms with Gasteiger partial charge >= 0.3 is 6.18 Å². The van der Waals surface area contributed by atoms with Gasteiger partial charge in [-0.1, -0.05) is 31.2 Å². The zero-order chi connectivity index (χ0) is 20.1. The Morgan fingerprint density at radius 1 is 1.11 bits per heavy atom. The first-order valence-corrected chi connectivity index (χ1v) is 9.58. The van der Waals surface area contributed by atoms with Gasteiger partial charge in [-0.25, -0.2) is 0 Å². The summed E-state index contributed by atoms with van der Waals surface area (Å²) in [6, 6.07) is 10.7. The van der Waals surface area contributed by atoms with Crippen molar-refractivity contribution < 1.29 is 22.7 Å². The molecule has 1 amide bonds. The molecule has 0 spiro atoms. The van der Waals surface area contributed by atoms with Gasteiger partial charge in [0.2, 0.25) is 0 Å². The molecule has 0 fully saturated rings. The van der Waals surface area contributed by atoms with E-state index in [1.165, 1.54) is 36.1 Å². The lowest BCUT2D eigenvalue weighted by Crippen LogP contribution is -2.32. The fourth-order valence-electron chi connectivity index (χ4n) is 3.54. The number of hydrogen-bond donors (Lipinski definition) is 1. The van der Waals surface area contributed by atoms with E-state index in [0.29, 0.717) is 6.42 Å². The number of fused-ring (bicyclic) bond motifs is 1. The summed E-state index contributed by atoms with van der Waals surface area (Å²) < 4.78 is 43.5. The molecule has 1 N–H and O–H groups in total. The second-order valence-electron chi connectivity index (χ2n) is 7.08. The number of alkyl halides is 3. The lowest BCUT2D eigenvalue weighted by Gasteiger charge is -2.22. The van der Waals surface area contributed by atoms with E-state index < -0.39 is 11.7 Å². The zero-order valence-electron chi connectivity index (χ0n) is 15.8. The van der Waals surface area contributed by atoms with Crippen molar-refractivity contribution >= 4 is 5.91 Å². The minimum absolute atomic E-state index is 0.0202. The van der Waals surface area contributed by atoms with Crippen LogP contribution in [0.5, 0.6) is 5.75 Å². The predicted octanol–water partition coefficient (Wildman–Crippen LogP) is 5.23. The van der Waals surface area contributed by atoms with Gasteiger partial charge in [0.05, 0.1) is 11.6 Å². The van der Waals surface area contributed by atoms with Crippen LogP contribution in [0.3, 0.4) is 0 Å². The number of benzene rings is 2. The van der Waals surface area contributed by atoms with Crippen molar-refractivity contribution in [2.24, 2.45) is 0 Å². The number of carbonyl (C=O) groups is 1. The molecule has 0 unspecified atom stereocenters. The predicted molar refractivity (Wildman–Crippen MR) is 101 cm³/mol. The van der Waals surface area contributed by atoms with Crippen molar-refractivity contribution in [2.45, 2.75) is 51.2 Å². The Labute approximate surface area is 162 Å². The topological polar surface area (TPSA) is 38.3 Å². The quantitative estimate of drug-likeness (QED) is 0.732. The molecule has 0 heterocycles. The van der Waals surface area contributed by atoms with E-state index in [0.717, 1.165) is 30.5 Å². The van der Waals surface area contributed by atoms with Crippen molar-refractivity contribution in [2.75, 3.05) is 6.61 Å². The van der Waals surface area contributed by atoms with Gasteiger partial charge in [0.15, 0.2) is 6.61 Å².